The molecule has 0 N–H and O–H groups in total. The van der Waals surface area contributed by atoms with E-state index in [1.165, 1.54) is 5.36 Å². The number of nitrogens with zero attached hydrogens (tertiary/aromatic N) is 1. The lowest BCUT2D eigenvalue weighted by Gasteiger charge is -2.12. The van der Waals surface area contributed by atoms with Crippen LogP contribution in [0.3, 0.4) is 0 Å². The highest BCUT2D eigenvalue weighted by molar-refractivity contribution is 6.50. The second-order valence-electron chi connectivity index (χ2n) is 5.95. The predicted molar refractivity (Wildman–Crippen MR) is 97.7 cm³/mol. The number of hydrogen-bond acceptors (Lipinski definition) is 2. The number of fused-ring (bicyclic) bond motifs is 1. The minimum Gasteiger partial charge on any atom is -0.456 e. The predicted octanol–water partition coefficient (Wildman–Crippen LogP) is 4.20. The zero-order valence-corrected chi connectivity index (χ0v) is 14.5. The highest BCUT2D eigenvalue weighted by Crippen LogP contribution is 2.21. The van der Waals surface area contributed by atoms with Crippen molar-refractivity contribution in [2.24, 2.45) is 0 Å². The third-order valence-corrected chi connectivity index (χ3v) is 4.06. The summed E-state index contributed by atoms with van der Waals surface area (Å²) in [5.74, 6) is 0.904. The lowest BCUT2D eigenvalue weighted by Crippen LogP contribution is -2.40. The van der Waals surface area contributed by atoms with Crippen LogP contribution in [0.5, 0.6) is 0 Å². The number of rotatable bonds is 1. The van der Waals surface area contributed by atoms with Gasteiger partial charge >= 0.3 is 7.25 Å². The number of ether oxygens (including phenoxy) is 1. The van der Waals surface area contributed by atoms with Crippen molar-refractivity contribution in [1.29, 1.82) is 0 Å². The Bertz CT molecular complexity index is 957. The van der Waals surface area contributed by atoms with Gasteiger partial charge in [-0.15, -0.1) is 0 Å². The van der Waals surface area contributed by atoms with E-state index in [1.807, 2.05) is 30.3 Å². The summed E-state index contributed by atoms with van der Waals surface area (Å²) >= 11 is 0. The normalized spacial score (nSPS) is 14.6. The standard InChI is InChI=1S/C19H18NO2.BF4/c1-2-6-15(7-3-1)19-14-17(20-10-12-21-13-11-20)16-8-4-5-9-18(16)22-19;2-1(3,4)5/h1-9,14H,10-13H2;/q+1;-1. The topological polar surface area (TPSA) is 25.4 Å². The number of halogens is 4. The quantitative estimate of drug-likeness (QED) is 0.360. The third-order valence-electron chi connectivity index (χ3n) is 4.06. The molecule has 0 radical (unpaired) electrons. The van der Waals surface area contributed by atoms with Gasteiger partial charge < -0.3 is 26.4 Å². The van der Waals surface area contributed by atoms with Crippen molar-refractivity contribution < 1.29 is 26.4 Å². The molecule has 27 heavy (non-hydrogen) atoms. The number of benzene rings is 2. The summed E-state index contributed by atoms with van der Waals surface area (Å²) in [5.41, 5.74) is 2.02. The first kappa shape index (κ1) is 19.2. The van der Waals surface area contributed by atoms with Crippen molar-refractivity contribution in [2.75, 3.05) is 26.3 Å². The Morgan fingerprint density at radius 2 is 1.41 bits per heavy atom. The van der Waals surface area contributed by atoms with Gasteiger partial charge in [-0.2, -0.15) is 0 Å². The molecule has 1 saturated heterocycles. The molecule has 0 amide bonds. The maximum atomic E-state index is 9.75. The van der Waals surface area contributed by atoms with Gasteiger partial charge in [-0.05, 0) is 12.1 Å². The summed E-state index contributed by atoms with van der Waals surface area (Å²) in [6, 6.07) is 20.6. The van der Waals surface area contributed by atoms with Crippen molar-refractivity contribution in [3.8, 4) is 11.3 Å². The van der Waals surface area contributed by atoms with Crippen LogP contribution in [-0.4, -0.2) is 33.6 Å². The molecule has 4 rings (SSSR count). The second kappa shape index (κ2) is 8.39. The molecule has 0 aliphatic carbocycles. The van der Waals surface area contributed by atoms with E-state index in [1.54, 1.807) is 0 Å². The monoisotopic (exact) mass is 379 g/mol. The SMILES string of the molecule is F[B-](F)(F)F.c1ccc(-c2cc(=[N+]3CCOCC3)c3ccccc3o2)cc1. The molecule has 2 heterocycles. The van der Waals surface area contributed by atoms with Crippen molar-refractivity contribution in [3.05, 3.63) is 66.0 Å². The van der Waals surface area contributed by atoms with E-state index in [4.69, 9.17) is 9.15 Å². The minimum atomic E-state index is -6.00. The van der Waals surface area contributed by atoms with Gasteiger partial charge in [0.25, 0.3) is 0 Å². The molecule has 0 unspecified atom stereocenters. The molecule has 0 spiro atoms. The fourth-order valence-electron chi connectivity index (χ4n) is 2.93. The van der Waals surface area contributed by atoms with Gasteiger partial charge in [0, 0.05) is 5.56 Å². The molecule has 1 aliphatic rings. The largest absolute Gasteiger partial charge is 0.673 e. The van der Waals surface area contributed by atoms with Crippen LogP contribution in [-0.2, 0) is 4.74 Å². The van der Waals surface area contributed by atoms with Crippen LogP contribution >= 0.6 is 0 Å². The maximum absolute atomic E-state index is 9.75. The summed E-state index contributed by atoms with van der Waals surface area (Å²) in [7, 11) is -6.00. The van der Waals surface area contributed by atoms with Crippen LogP contribution in [0.15, 0.2) is 65.1 Å². The van der Waals surface area contributed by atoms with Crippen LogP contribution in [0.1, 0.15) is 0 Å². The Kier molecular flexibility index (Phi) is 5.96. The van der Waals surface area contributed by atoms with Gasteiger partial charge in [0.05, 0.1) is 11.5 Å². The van der Waals surface area contributed by atoms with Crippen molar-refractivity contribution in [3.63, 3.8) is 0 Å². The highest BCUT2D eigenvalue weighted by atomic mass is 19.5. The lowest BCUT2D eigenvalue weighted by atomic mass is 10.1. The summed E-state index contributed by atoms with van der Waals surface area (Å²) in [4.78, 5) is 0. The molecular formula is C19H18BF4NO2. The van der Waals surface area contributed by atoms with E-state index in [2.05, 4.69) is 34.9 Å². The summed E-state index contributed by atoms with van der Waals surface area (Å²) in [6.07, 6.45) is 0. The average Bonchev–Trinajstić information content (AvgIpc) is 2.67. The number of morpholine rings is 1. The van der Waals surface area contributed by atoms with Gasteiger partial charge in [-0.25, -0.2) is 4.58 Å². The zero-order chi connectivity index (χ0) is 19.3. The molecule has 1 aliphatic heterocycles. The summed E-state index contributed by atoms with van der Waals surface area (Å²) in [5, 5.41) is 2.38. The first-order valence-corrected chi connectivity index (χ1v) is 8.53. The molecule has 2 aromatic carbocycles. The Morgan fingerprint density at radius 3 is 2.07 bits per heavy atom. The van der Waals surface area contributed by atoms with Gasteiger partial charge in [0.1, 0.15) is 24.6 Å². The minimum absolute atomic E-state index is 0.779. The van der Waals surface area contributed by atoms with E-state index < -0.39 is 7.25 Å². The van der Waals surface area contributed by atoms with E-state index in [0.717, 1.165) is 48.6 Å². The highest BCUT2D eigenvalue weighted by Gasteiger charge is 2.20. The first-order valence-electron chi connectivity index (χ1n) is 8.53. The Labute approximate surface area is 153 Å². The van der Waals surface area contributed by atoms with E-state index >= 15 is 0 Å². The smallest absolute Gasteiger partial charge is 0.456 e. The fraction of sp³-hybridized carbons (Fsp3) is 0.211. The second-order valence-corrected chi connectivity index (χ2v) is 5.95. The molecular weight excluding hydrogens is 361 g/mol. The van der Waals surface area contributed by atoms with Crippen LogP contribution in [0, 0.1) is 0 Å². The summed E-state index contributed by atoms with van der Waals surface area (Å²) in [6.45, 7) is 3.40. The van der Waals surface area contributed by atoms with Gasteiger partial charge in [-0.1, -0.05) is 42.5 Å². The lowest BCUT2D eigenvalue weighted by molar-refractivity contribution is 0.0967. The third kappa shape index (κ3) is 5.43. The summed E-state index contributed by atoms with van der Waals surface area (Å²) < 4.78 is 53.0. The zero-order valence-electron chi connectivity index (χ0n) is 14.5. The van der Waals surface area contributed by atoms with Crippen molar-refractivity contribution >= 4 is 18.2 Å². The molecule has 3 aromatic rings. The van der Waals surface area contributed by atoms with Crippen LogP contribution in [0.25, 0.3) is 22.3 Å². The van der Waals surface area contributed by atoms with Crippen LogP contribution in [0.2, 0.25) is 0 Å². The molecule has 8 heteroatoms. The number of hydrogen-bond donors (Lipinski definition) is 0. The number of para-hydroxylation sites is 1. The first-order chi connectivity index (χ1) is 12.9. The van der Waals surface area contributed by atoms with Gasteiger partial charge in [-0.3, -0.25) is 0 Å². The maximum Gasteiger partial charge on any atom is 0.673 e. The molecule has 1 fully saturated rings. The van der Waals surface area contributed by atoms with Crippen LogP contribution < -0.4 is 9.93 Å². The molecule has 0 atom stereocenters. The molecule has 3 nitrogen and oxygen atoms in total. The van der Waals surface area contributed by atoms with Gasteiger partial charge in [0.15, 0.2) is 13.1 Å². The molecule has 1 aromatic heterocycles. The molecule has 0 saturated carbocycles. The van der Waals surface area contributed by atoms with Crippen LogP contribution in [0.4, 0.5) is 17.3 Å². The molecule has 142 valence electrons. The Hall–Kier alpha value is -2.61. The van der Waals surface area contributed by atoms with E-state index in [-0.39, 0.29) is 0 Å². The van der Waals surface area contributed by atoms with E-state index in [0.29, 0.717) is 0 Å². The van der Waals surface area contributed by atoms with Gasteiger partial charge in [0.2, 0.25) is 5.36 Å². The Morgan fingerprint density at radius 1 is 0.815 bits per heavy atom. The van der Waals surface area contributed by atoms with E-state index in [9.17, 15) is 17.3 Å². The molecule has 0 bridgehead atoms. The fourth-order valence-corrected chi connectivity index (χ4v) is 2.93. The van der Waals surface area contributed by atoms with Crippen molar-refractivity contribution in [2.45, 2.75) is 0 Å². The van der Waals surface area contributed by atoms with Crippen molar-refractivity contribution in [1.82, 2.24) is 4.58 Å². The Balaban J connectivity index is 0.000000376. The average molecular weight is 379 g/mol.